The maximum Gasteiger partial charge on any atom is 0.227 e. The fraction of sp³-hybridized carbons (Fsp3) is 0.556. The number of rotatable bonds is 3. The molecule has 1 aliphatic carbocycles. The molecule has 5 heteroatoms. The second-order valence-corrected chi connectivity index (χ2v) is 6.51. The highest BCUT2D eigenvalue weighted by Crippen LogP contribution is 2.27. The van der Waals surface area contributed by atoms with Gasteiger partial charge in [0.2, 0.25) is 11.8 Å². The number of carbonyl (C=O) groups excluding carboxylic acids is 2. The summed E-state index contributed by atoms with van der Waals surface area (Å²) in [4.78, 5) is 27.8. The topological polar surface area (TPSA) is 52.7 Å². The lowest BCUT2D eigenvalue weighted by Gasteiger charge is -2.35. The first kappa shape index (κ1) is 15.8. The van der Waals surface area contributed by atoms with Gasteiger partial charge in [-0.1, -0.05) is 18.9 Å². The lowest BCUT2D eigenvalue weighted by molar-refractivity contribution is -0.129. The van der Waals surface area contributed by atoms with Crippen LogP contribution in [0.1, 0.15) is 32.6 Å². The first-order valence-corrected chi connectivity index (χ1v) is 8.55. The Morgan fingerprint density at radius 1 is 1.09 bits per heavy atom. The number of hydrogen-bond acceptors (Lipinski definition) is 3. The SMILES string of the molecule is CC(=O)N1CCN(c2cccc(NC(=O)C3CCCC3)c2)CC1. The van der Waals surface area contributed by atoms with E-state index in [0.29, 0.717) is 0 Å². The molecule has 1 heterocycles. The number of hydrogen-bond donors (Lipinski definition) is 1. The first-order chi connectivity index (χ1) is 11.1. The third kappa shape index (κ3) is 3.84. The zero-order chi connectivity index (χ0) is 16.2. The van der Waals surface area contributed by atoms with Gasteiger partial charge in [0.25, 0.3) is 0 Å². The molecule has 0 spiro atoms. The molecule has 5 nitrogen and oxygen atoms in total. The fourth-order valence-corrected chi connectivity index (χ4v) is 3.49. The van der Waals surface area contributed by atoms with E-state index in [1.54, 1.807) is 6.92 Å². The normalized spacial score (nSPS) is 19.0. The maximum atomic E-state index is 12.3. The quantitative estimate of drug-likeness (QED) is 0.932. The van der Waals surface area contributed by atoms with Crippen LogP contribution >= 0.6 is 0 Å². The van der Waals surface area contributed by atoms with E-state index in [4.69, 9.17) is 0 Å². The molecule has 0 radical (unpaired) electrons. The molecule has 0 bridgehead atoms. The Labute approximate surface area is 137 Å². The highest BCUT2D eigenvalue weighted by molar-refractivity contribution is 5.93. The number of carbonyl (C=O) groups is 2. The fourth-order valence-electron chi connectivity index (χ4n) is 3.49. The third-order valence-electron chi connectivity index (χ3n) is 4.93. The van der Waals surface area contributed by atoms with Gasteiger partial charge in [0.15, 0.2) is 0 Å². The largest absolute Gasteiger partial charge is 0.368 e. The van der Waals surface area contributed by atoms with Crippen LogP contribution in [0, 0.1) is 5.92 Å². The van der Waals surface area contributed by atoms with Gasteiger partial charge < -0.3 is 15.1 Å². The van der Waals surface area contributed by atoms with Crippen LogP contribution in [-0.4, -0.2) is 42.9 Å². The molecule has 1 saturated heterocycles. The van der Waals surface area contributed by atoms with Crippen molar-refractivity contribution < 1.29 is 9.59 Å². The van der Waals surface area contributed by atoms with Crippen molar-refractivity contribution in [2.24, 2.45) is 5.92 Å². The van der Waals surface area contributed by atoms with E-state index in [9.17, 15) is 9.59 Å². The molecule has 2 amide bonds. The number of nitrogens with one attached hydrogen (secondary N) is 1. The van der Waals surface area contributed by atoms with Crippen molar-refractivity contribution in [3.05, 3.63) is 24.3 Å². The molecule has 2 fully saturated rings. The molecule has 124 valence electrons. The van der Waals surface area contributed by atoms with Gasteiger partial charge >= 0.3 is 0 Å². The molecule has 1 aromatic rings. The summed E-state index contributed by atoms with van der Waals surface area (Å²) in [7, 11) is 0. The summed E-state index contributed by atoms with van der Waals surface area (Å²) in [5.41, 5.74) is 1.98. The molecule has 0 aromatic heterocycles. The number of benzene rings is 1. The van der Waals surface area contributed by atoms with E-state index in [1.165, 1.54) is 12.8 Å². The van der Waals surface area contributed by atoms with E-state index in [2.05, 4.69) is 16.3 Å². The molecule has 0 atom stereocenters. The van der Waals surface area contributed by atoms with Gasteiger partial charge in [-0.2, -0.15) is 0 Å². The minimum Gasteiger partial charge on any atom is -0.368 e. The van der Waals surface area contributed by atoms with Crippen LogP contribution in [-0.2, 0) is 9.59 Å². The third-order valence-corrected chi connectivity index (χ3v) is 4.93. The van der Waals surface area contributed by atoms with Crippen LogP contribution in [0.2, 0.25) is 0 Å². The van der Waals surface area contributed by atoms with Crippen molar-refractivity contribution >= 4 is 23.2 Å². The minimum atomic E-state index is 0.141. The molecular formula is C18H25N3O2. The van der Waals surface area contributed by atoms with E-state index in [1.807, 2.05) is 23.1 Å². The molecule has 1 N–H and O–H groups in total. The Kier molecular flexibility index (Phi) is 4.84. The highest BCUT2D eigenvalue weighted by atomic mass is 16.2. The summed E-state index contributed by atoms with van der Waals surface area (Å²) in [5, 5.41) is 3.06. The van der Waals surface area contributed by atoms with Gasteiger partial charge in [0.05, 0.1) is 0 Å². The summed E-state index contributed by atoms with van der Waals surface area (Å²) in [5.74, 6) is 0.473. The van der Waals surface area contributed by atoms with Crippen molar-refractivity contribution in [1.82, 2.24) is 4.90 Å². The van der Waals surface area contributed by atoms with Crippen molar-refractivity contribution in [3.8, 4) is 0 Å². The van der Waals surface area contributed by atoms with Gasteiger partial charge in [0.1, 0.15) is 0 Å². The summed E-state index contributed by atoms with van der Waals surface area (Å²) in [6, 6.07) is 8.03. The molecule has 23 heavy (non-hydrogen) atoms. The Morgan fingerprint density at radius 3 is 2.43 bits per heavy atom. The predicted octanol–water partition coefficient (Wildman–Crippen LogP) is 2.48. The average Bonchev–Trinajstić information content (AvgIpc) is 3.10. The van der Waals surface area contributed by atoms with E-state index in [-0.39, 0.29) is 17.7 Å². The Morgan fingerprint density at radius 2 is 1.78 bits per heavy atom. The van der Waals surface area contributed by atoms with Crippen LogP contribution in [0.3, 0.4) is 0 Å². The van der Waals surface area contributed by atoms with Crippen molar-refractivity contribution in [3.63, 3.8) is 0 Å². The highest BCUT2D eigenvalue weighted by Gasteiger charge is 2.23. The van der Waals surface area contributed by atoms with E-state index < -0.39 is 0 Å². The molecule has 1 aliphatic heterocycles. The monoisotopic (exact) mass is 315 g/mol. The Balaban J connectivity index is 1.61. The Bertz CT molecular complexity index is 573. The van der Waals surface area contributed by atoms with E-state index in [0.717, 1.165) is 50.4 Å². The zero-order valence-electron chi connectivity index (χ0n) is 13.8. The molecular weight excluding hydrogens is 290 g/mol. The molecule has 3 rings (SSSR count). The summed E-state index contributed by atoms with van der Waals surface area (Å²) >= 11 is 0. The summed E-state index contributed by atoms with van der Waals surface area (Å²) < 4.78 is 0. The van der Waals surface area contributed by atoms with Crippen molar-refractivity contribution in [2.75, 3.05) is 36.4 Å². The maximum absolute atomic E-state index is 12.3. The van der Waals surface area contributed by atoms with Gasteiger partial charge in [-0.15, -0.1) is 0 Å². The van der Waals surface area contributed by atoms with E-state index >= 15 is 0 Å². The molecule has 1 aromatic carbocycles. The van der Waals surface area contributed by atoms with Gasteiger partial charge in [-0.25, -0.2) is 0 Å². The lowest BCUT2D eigenvalue weighted by atomic mass is 10.1. The number of anilines is 2. The lowest BCUT2D eigenvalue weighted by Crippen LogP contribution is -2.48. The van der Waals surface area contributed by atoms with Crippen LogP contribution in [0.5, 0.6) is 0 Å². The smallest absolute Gasteiger partial charge is 0.227 e. The Hall–Kier alpha value is -2.04. The van der Waals surface area contributed by atoms with Gasteiger partial charge in [-0.3, -0.25) is 9.59 Å². The molecule has 1 saturated carbocycles. The van der Waals surface area contributed by atoms with Crippen LogP contribution in [0.15, 0.2) is 24.3 Å². The van der Waals surface area contributed by atoms with Gasteiger partial charge in [0, 0.05) is 50.4 Å². The number of nitrogens with zero attached hydrogens (tertiary/aromatic N) is 2. The zero-order valence-corrected chi connectivity index (χ0v) is 13.8. The van der Waals surface area contributed by atoms with Crippen LogP contribution in [0.4, 0.5) is 11.4 Å². The molecule has 0 unspecified atom stereocenters. The first-order valence-electron chi connectivity index (χ1n) is 8.55. The van der Waals surface area contributed by atoms with Crippen LogP contribution < -0.4 is 10.2 Å². The molecule has 2 aliphatic rings. The van der Waals surface area contributed by atoms with Crippen molar-refractivity contribution in [1.29, 1.82) is 0 Å². The van der Waals surface area contributed by atoms with Crippen LogP contribution in [0.25, 0.3) is 0 Å². The van der Waals surface area contributed by atoms with Crippen molar-refractivity contribution in [2.45, 2.75) is 32.6 Å². The summed E-state index contributed by atoms with van der Waals surface area (Å²) in [6.07, 6.45) is 4.36. The second-order valence-electron chi connectivity index (χ2n) is 6.51. The van der Waals surface area contributed by atoms with Gasteiger partial charge in [-0.05, 0) is 31.0 Å². The average molecular weight is 315 g/mol. The second kappa shape index (κ2) is 7.02. The number of amides is 2. The summed E-state index contributed by atoms with van der Waals surface area (Å²) in [6.45, 7) is 4.80. The number of piperazine rings is 1. The predicted molar refractivity (Wildman–Crippen MR) is 91.5 cm³/mol. The standard InChI is InChI=1S/C18H25N3O2/c1-14(22)20-9-11-21(12-10-20)17-8-4-7-16(13-17)19-18(23)15-5-2-3-6-15/h4,7-8,13,15H,2-3,5-6,9-12H2,1H3,(H,19,23). The minimum absolute atomic E-state index is 0.141.